The van der Waals surface area contributed by atoms with E-state index in [9.17, 15) is 0 Å². The van der Waals surface area contributed by atoms with Gasteiger partial charge in [0.1, 0.15) is 5.82 Å². The van der Waals surface area contributed by atoms with E-state index in [1.807, 2.05) is 36.9 Å². The third-order valence-electron chi connectivity index (χ3n) is 5.01. The molecular formula is C21H25N5. The highest BCUT2D eigenvalue weighted by atomic mass is 15.2. The molecule has 0 radical (unpaired) electrons. The Morgan fingerprint density at radius 1 is 0.923 bits per heavy atom. The number of nitrogens with zero attached hydrogens (tertiary/aromatic N) is 5. The molecule has 3 aromatic rings. The van der Waals surface area contributed by atoms with Crippen LogP contribution in [-0.4, -0.2) is 44.1 Å². The predicted molar refractivity (Wildman–Crippen MR) is 104 cm³/mol. The number of hydrogen-bond acceptors (Lipinski definition) is 4. The highest BCUT2D eigenvalue weighted by Crippen LogP contribution is 2.20. The van der Waals surface area contributed by atoms with Crippen LogP contribution in [0.5, 0.6) is 0 Å². The van der Waals surface area contributed by atoms with Gasteiger partial charge in [-0.3, -0.25) is 0 Å². The van der Waals surface area contributed by atoms with Gasteiger partial charge in [-0.1, -0.05) is 30.2 Å². The molecular weight excluding hydrogens is 322 g/mol. The van der Waals surface area contributed by atoms with Gasteiger partial charge < -0.3 is 9.47 Å². The Balaban J connectivity index is 1.48. The van der Waals surface area contributed by atoms with Crippen LogP contribution in [-0.2, 0) is 6.54 Å². The third-order valence-corrected chi connectivity index (χ3v) is 5.01. The molecule has 5 nitrogen and oxygen atoms in total. The Bertz CT molecular complexity index is 847. The number of imidazole rings is 1. The van der Waals surface area contributed by atoms with Crippen molar-refractivity contribution in [2.45, 2.75) is 32.7 Å². The predicted octanol–water partition coefficient (Wildman–Crippen LogP) is 3.80. The van der Waals surface area contributed by atoms with Crippen LogP contribution < -0.4 is 0 Å². The van der Waals surface area contributed by atoms with Gasteiger partial charge in [0.2, 0.25) is 0 Å². The van der Waals surface area contributed by atoms with Crippen LogP contribution in [0.1, 0.15) is 24.8 Å². The zero-order chi connectivity index (χ0) is 17.8. The second-order valence-electron chi connectivity index (χ2n) is 7.01. The molecule has 1 aromatic carbocycles. The molecule has 3 heterocycles. The smallest absolute Gasteiger partial charge is 0.159 e. The van der Waals surface area contributed by atoms with Gasteiger partial charge in [-0.2, -0.15) is 0 Å². The summed E-state index contributed by atoms with van der Waals surface area (Å²) in [7, 11) is 0. The Labute approximate surface area is 154 Å². The van der Waals surface area contributed by atoms with Crippen molar-refractivity contribution in [1.29, 1.82) is 0 Å². The van der Waals surface area contributed by atoms with Crippen molar-refractivity contribution >= 4 is 0 Å². The van der Waals surface area contributed by atoms with Crippen LogP contribution in [0.4, 0.5) is 0 Å². The molecule has 0 amide bonds. The van der Waals surface area contributed by atoms with E-state index in [0.29, 0.717) is 0 Å². The van der Waals surface area contributed by atoms with Crippen LogP contribution in [0.25, 0.3) is 22.8 Å². The van der Waals surface area contributed by atoms with Gasteiger partial charge in [-0.15, -0.1) is 0 Å². The van der Waals surface area contributed by atoms with Gasteiger partial charge in [0, 0.05) is 43.4 Å². The van der Waals surface area contributed by atoms with E-state index in [1.54, 1.807) is 0 Å². The molecule has 134 valence electrons. The topological polar surface area (TPSA) is 46.8 Å². The van der Waals surface area contributed by atoms with Gasteiger partial charge in [-0.25, -0.2) is 15.0 Å². The van der Waals surface area contributed by atoms with Gasteiger partial charge >= 0.3 is 0 Å². The monoisotopic (exact) mass is 347 g/mol. The number of aromatic nitrogens is 4. The first-order valence-corrected chi connectivity index (χ1v) is 9.42. The second kappa shape index (κ2) is 7.79. The van der Waals surface area contributed by atoms with E-state index >= 15 is 0 Å². The fraction of sp³-hybridized carbons (Fsp3) is 0.381. The normalized spacial score (nSPS) is 15.3. The highest BCUT2D eigenvalue weighted by molar-refractivity contribution is 5.59. The van der Waals surface area contributed by atoms with Crippen LogP contribution >= 0.6 is 0 Å². The van der Waals surface area contributed by atoms with Crippen molar-refractivity contribution in [3.8, 4) is 22.8 Å². The lowest BCUT2D eigenvalue weighted by Gasteiger charge is -2.26. The summed E-state index contributed by atoms with van der Waals surface area (Å²) < 4.78 is 2.21. The van der Waals surface area contributed by atoms with Crippen LogP contribution in [0, 0.1) is 6.92 Å². The molecule has 26 heavy (non-hydrogen) atoms. The van der Waals surface area contributed by atoms with E-state index in [4.69, 9.17) is 0 Å². The first-order chi connectivity index (χ1) is 12.8. The average Bonchev–Trinajstić information content (AvgIpc) is 3.16. The molecule has 0 unspecified atom stereocenters. The maximum atomic E-state index is 4.56. The zero-order valence-corrected chi connectivity index (χ0v) is 15.3. The number of likely N-dealkylation sites (tertiary alicyclic amines) is 1. The van der Waals surface area contributed by atoms with Crippen LogP contribution in [0.2, 0.25) is 0 Å². The SMILES string of the molecule is Cc1cccc(-c2ncc(-c3nccn3CCN3CCCCC3)cn2)c1. The summed E-state index contributed by atoms with van der Waals surface area (Å²) in [5.41, 5.74) is 3.22. The molecule has 4 rings (SSSR count). The fourth-order valence-electron chi connectivity index (χ4n) is 3.56. The standard InChI is InChI=1S/C21H25N5/c1-17-6-5-7-18(14-17)20-23-15-19(16-24-20)21-22-8-11-26(21)13-12-25-9-3-2-4-10-25/h5-8,11,14-16H,2-4,9-10,12-13H2,1H3. The lowest BCUT2D eigenvalue weighted by Crippen LogP contribution is -2.32. The van der Waals surface area contributed by atoms with E-state index < -0.39 is 0 Å². The molecule has 5 heteroatoms. The average molecular weight is 347 g/mol. The lowest BCUT2D eigenvalue weighted by molar-refractivity contribution is 0.221. The molecule has 1 aliphatic heterocycles. The Kier molecular flexibility index (Phi) is 5.07. The van der Waals surface area contributed by atoms with Crippen molar-refractivity contribution in [1.82, 2.24) is 24.4 Å². The number of hydrogen-bond donors (Lipinski definition) is 0. The van der Waals surface area contributed by atoms with Crippen LogP contribution in [0.3, 0.4) is 0 Å². The summed E-state index contributed by atoms with van der Waals surface area (Å²) in [4.78, 5) is 16.2. The van der Waals surface area contributed by atoms with Crippen molar-refractivity contribution in [2.24, 2.45) is 0 Å². The van der Waals surface area contributed by atoms with E-state index in [0.717, 1.165) is 35.9 Å². The molecule has 0 atom stereocenters. The molecule has 0 saturated carbocycles. The van der Waals surface area contributed by atoms with Crippen molar-refractivity contribution in [3.63, 3.8) is 0 Å². The Morgan fingerprint density at radius 2 is 1.73 bits per heavy atom. The van der Waals surface area contributed by atoms with Gasteiger partial charge in [-0.05, 0) is 38.9 Å². The minimum absolute atomic E-state index is 0.754. The van der Waals surface area contributed by atoms with E-state index in [1.165, 1.54) is 37.9 Å². The van der Waals surface area contributed by atoms with Crippen LogP contribution in [0.15, 0.2) is 49.1 Å². The molecule has 0 aliphatic carbocycles. The molecule has 1 saturated heterocycles. The summed E-state index contributed by atoms with van der Waals surface area (Å²) >= 11 is 0. The van der Waals surface area contributed by atoms with E-state index in [2.05, 4.69) is 43.5 Å². The first kappa shape index (κ1) is 16.9. The Morgan fingerprint density at radius 3 is 2.50 bits per heavy atom. The highest BCUT2D eigenvalue weighted by Gasteiger charge is 2.12. The number of rotatable bonds is 5. The number of aryl methyl sites for hydroxylation is 1. The summed E-state index contributed by atoms with van der Waals surface area (Å²) in [5, 5.41) is 0. The van der Waals surface area contributed by atoms with E-state index in [-0.39, 0.29) is 0 Å². The molecule has 2 aromatic heterocycles. The van der Waals surface area contributed by atoms with Gasteiger partial charge in [0.05, 0.1) is 5.56 Å². The largest absolute Gasteiger partial charge is 0.330 e. The summed E-state index contributed by atoms with van der Waals surface area (Å²) in [6.07, 6.45) is 11.7. The fourth-order valence-corrected chi connectivity index (χ4v) is 3.56. The molecule has 0 N–H and O–H groups in total. The molecule has 0 spiro atoms. The zero-order valence-electron chi connectivity index (χ0n) is 15.3. The second-order valence-corrected chi connectivity index (χ2v) is 7.01. The maximum absolute atomic E-state index is 4.56. The lowest BCUT2D eigenvalue weighted by atomic mass is 10.1. The maximum Gasteiger partial charge on any atom is 0.159 e. The first-order valence-electron chi connectivity index (χ1n) is 9.42. The quantitative estimate of drug-likeness (QED) is 0.704. The minimum atomic E-state index is 0.754. The number of benzene rings is 1. The van der Waals surface area contributed by atoms with Crippen molar-refractivity contribution < 1.29 is 0 Å². The summed E-state index contributed by atoms with van der Waals surface area (Å²) in [5.74, 6) is 1.70. The molecule has 1 fully saturated rings. The summed E-state index contributed by atoms with van der Waals surface area (Å²) in [6.45, 7) is 6.55. The molecule has 1 aliphatic rings. The minimum Gasteiger partial charge on any atom is -0.330 e. The van der Waals surface area contributed by atoms with Crippen molar-refractivity contribution in [3.05, 3.63) is 54.6 Å². The molecule has 0 bridgehead atoms. The van der Waals surface area contributed by atoms with Gasteiger partial charge in [0.15, 0.2) is 5.82 Å². The van der Waals surface area contributed by atoms with Gasteiger partial charge in [0.25, 0.3) is 0 Å². The van der Waals surface area contributed by atoms with Crippen molar-refractivity contribution in [2.75, 3.05) is 19.6 Å². The Hall–Kier alpha value is -2.53. The third kappa shape index (κ3) is 3.83. The summed E-state index contributed by atoms with van der Waals surface area (Å²) in [6, 6.07) is 8.27. The number of piperidine rings is 1.